The summed E-state index contributed by atoms with van der Waals surface area (Å²) in [6.07, 6.45) is 1.89. The first-order valence-corrected chi connectivity index (χ1v) is 4.49. The molecule has 0 radical (unpaired) electrons. The molecule has 11 heavy (non-hydrogen) atoms. The molecule has 2 atom stereocenters. The Morgan fingerprint density at radius 2 is 2.27 bits per heavy atom. The first-order chi connectivity index (χ1) is 5.36. The number of piperazine rings is 1. The third-order valence-electron chi connectivity index (χ3n) is 2.77. The number of nitrogens with one attached hydrogen (secondary N) is 1. The highest BCUT2D eigenvalue weighted by molar-refractivity contribution is 4.86. The van der Waals surface area contributed by atoms with Gasteiger partial charge in [0.05, 0.1) is 6.10 Å². The van der Waals surface area contributed by atoms with Gasteiger partial charge in [-0.15, -0.1) is 0 Å². The van der Waals surface area contributed by atoms with Crippen molar-refractivity contribution in [2.24, 2.45) is 0 Å². The zero-order chi connectivity index (χ0) is 7.68. The minimum atomic E-state index is -0.0452. The summed E-state index contributed by atoms with van der Waals surface area (Å²) in [6.45, 7) is 4.44. The van der Waals surface area contributed by atoms with Gasteiger partial charge in [-0.05, 0) is 12.8 Å². The number of aliphatic hydroxyl groups excluding tert-OH is 1. The predicted molar refractivity (Wildman–Crippen MR) is 43.5 cm³/mol. The first kappa shape index (κ1) is 7.53. The van der Waals surface area contributed by atoms with Gasteiger partial charge in [-0.25, -0.2) is 0 Å². The van der Waals surface area contributed by atoms with E-state index in [-0.39, 0.29) is 6.10 Å². The van der Waals surface area contributed by atoms with Crippen LogP contribution >= 0.6 is 0 Å². The highest BCUT2D eigenvalue weighted by atomic mass is 16.3. The molecule has 0 spiro atoms. The minimum Gasteiger partial charge on any atom is -0.393 e. The fraction of sp³-hybridized carbons (Fsp3) is 1.00. The minimum absolute atomic E-state index is 0.0452. The molecule has 0 bridgehead atoms. The Bertz CT molecular complexity index is 140. The van der Waals surface area contributed by atoms with E-state index in [1.807, 2.05) is 0 Å². The van der Waals surface area contributed by atoms with Crippen molar-refractivity contribution in [3.63, 3.8) is 0 Å². The number of hydrogen-bond acceptors (Lipinski definition) is 3. The summed E-state index contributed by atoms with van der Waals surface area (Å²) >= 11 is 0. The van der Waals surface area contributed by atoms with Gasteiger partial charge >= 0.3 is 0 Å². The Hall–Kier alpha value is -0.120. The van der Waals surface area contributed by atoms with Crippen LogP contribution in [0.1, 0.15) is 12.8 Å². The van der Waals surface area contributed by atoms with Crippen molar-refractivity contribution < 1.29 is 5.11 Å². The molecule has 2 rings (SSSR count). The van der Waals surface area contributed by atoms with Crippen LogP contribution in [-0.4, -0.2) is 48.3 Å². The van der Waals surface area contributed by atoms with Crippen molar-refractivity contribution in [3.05, 3.63) is 0 Å². The van der Waals surface area contributed by atoms with Gasteiger partial charge in [0.15, 0.2) is 0 Å². The van der Waals surface area contributed by atoms with Crippen molar-refractivity contribution in [1.82, 2.24) is 10.2 Å². The van der Waals surface area contributed by atoms with Crippen LogP contribution in [0.25, 0.3) is 0 Å². The summed E-state index contributed by atoms with van der Waals surface area (Å²) in [5.74, 6) is 0. The maximum Gasteiger partial charge on any atom is 0.0567 e. The van der Waals surface area contributed by atoms with Gasteiger partial charge in [-0.2, -0.15) is 0 Å². The van der Waals surface area contributed by atoms with Crippen LogP contribution in [-0.2, 0) is 0 Å². The van der Waals surface area contributed by atoms with E-state index in [0.717, 1.165) is 39.0 Å². The third-order valence-corrected chi connectivity index (χ3v) is 2.77. The molecule has 2 aliphatic rings. The molecule has 0 aliphatic carbocycles. The average molecular weight is 156 g/mol. The fourth-order valence-corrected chi connectivity index (χ4v) is 2.08. The molecule has 0 aromatic carbocycles. The van der Waals surface area contributed by atoms with E-state index >= 15 is 0 Å². The Morgan fingerprint density at radius 1 is 1.36 bits per heavy atom. The number of aliphatic hydroxyl groups is 1. The van der Waals surface area contributed by atoms with Crippen LogP contribution < -0.4 is 5.32 Å². The van der Waals surface area contributed by atoms with Gasteiger partial charge in [0.2, 0.25) is 0 Å². The van der Waals surface area contributed by atoms with E-state index in [1.54, 1.807) is 0 Å². The van der Waals surface area contributed by atoms with Crippen molar-refractivity contribution in [3.8, 4) is 0 Å². The lowest BCUT2D eigenvalue weighted by Crippen LogP contribution is -2.55. The van der Waals surface area contributed by atoms with Crippen molar-refractivity contribution in [1.29, 1.82) is 0 Å². The van der Waals surface area contributed by atoms with Crippen LogP contribution in [0.2, 0.25) is 0 Å². The van der Waals surface area contributed by atoms with Crippen LogP contribution in [0.4, 0.5) is 0 Å². The maximum absolute atomic E-state index is 9.39. The summed E-state index contributed by atoms with van der Waals surface area (Å²) in [7, 11) is 0. The average Bonchev–Trinajstić information content (AvgIpc) is 2.04. The Morgan fingerprint density at radius 3 is 3.18 bits per heavy atom. The Kier molecular flexibility index (Phi) is 2.11. The first-order valence-electron chi connectivity index (χ1n) is 4.49. The largest absolute Gasteiger partial charge is 0.393 e. The molecule has 64 valence electrons. The highest BCUT2D eigenvalue weighted by Gasteiger charge is 2.28. The molecule has 0 aromatic heterocycles. The molecule has 0 aromatic rings. The lowest BCUT2D eigenvalue weighted by Gasteiger charge is -2.41. The summed E-state index contributed by atoms with van der Waals surface area (Å²) in [4.78, 5) is 2.49. The zero-order valence-corrected chi connectivity index (χ0v) is 6.79. The second kappa shape index (κ2) is 3.09. The normalized spacial score (nSPS) is 40.1. The standard InChI is InChI=1S/C8H16N2O/c11-8-1-3-10-4-2-9-6-7(10)5-8/h7-9,11H,1-6H2. The molecule has 2 fully saturated rings. The maximum atomic E-state index is 9.39. The lowest BCUT2D eigenvalue weighted by molar-refractivity contribution is 0.0302. The Balaban J connectivity index is 1.93. The van der Waals surface area contributed by atoms with Crippen molar-refractivity contribution in [2.45, 2.75) is 25.0 Å². The summed E-state index contributed by atoms with van der Waals surface area (Å²) in [5, 5.41) is 12.7. The number of hydrogen-bond donors (Lipinski definition) is 2. The van der Waals surface area contributed by atoms with Gasteiger partial charge in [-0.3, -0.25) is 4.90 Å². The molecule has 2 N–H and O–H groups in total. The summed E-state index contributed by atoms with van der Waals surface area (Å²) in [6, 6.07) is 0.604. The van der Waals surface area contributed by atoms with E-state index in [2.05, 4.69) is 10.2 Å². The number of fused-ring (bicyclic) bond motifs is 1. The molecular formula is C8H16N2O. The molecule has 2 aliphatic heterocycles. The number of rotatable bonds is 0. The van der Waals surface area contributed by atoms with Gasteiger partial charge in [-0.1, -0.05) is 0 Å². The SMILES string of the molecule is OC1CCN2CCNCC2C1. The van der Waals surface area contributed by atoms with Crippen LogP contribution in [0.5, 0.6) is 0 Å². The second-order valence-electron chi connectivity index (χ2n) is 3.57. The highest BCUT2D eigenvalue weighted by Crippen LogP contribution is 2.17. The zero-order valence-electron chi connectivity index (χ0n) is 6.79. The molecule has 3 heteroatoms. The number of piperidine rings is 1. The van der Waals surface area contributed by atoms with Crippen molar-refractivity contribution >= 4 is 0 Å². The van der Waals surface area contributed by atoms with Gasteiger partial charge in [0.25, 0.3) is 0 Å². The molecule has 2 unspecified atom stereocenters. The van der Waals surface area contributed by atoms with Gasteiger partial charge in [0, 0.05) is 32.2 Å². The second-order valence-corrected chi connectivity index (χ2v) is 3.57. The monoisotopic (exact) mass is 156 g/mol. The molecule has 2 saturated heterocycles. The summed E-state index contributed by atoms with van der Waals surface area (Å²) < 4.78 is 0. The quantitative estimate of drug-likeness (QED) is 0.492. The predicted octanol–water partition coefficient (Wildman–Crippen LogP) is -0.585. The van der Waals surface area contributed by atoms with E-state index < -0.39 is 0 Å². The Labute approximate surface area is 67.4 Å². The van der Waals surface area contributed by atoms with E-state index in [4.69, 9.17) is 0 Å². The molecular weight excluding hydrogens is 140 g/mol. The van der Waals surface area contributed by atoms with Gasteiger partial charge in [0.1, 0.15) is 0 Å². The molecule has 3 nitrogen and oxygen atoms in total. The third kappa shape index (κ3) is 1.55. The van der Waals surface area contributed by atoms with Crippen molar-refractivity contribution in [2.75, 3.05) is 26.2 Å². The van der Waals surface area contributed by atoms with E-state index in [0.29, 0.717) is 6.04 Å². The molecule has 2 heterocycles. The van der Waals surface area contributed by atoms with Crippen LogP contribution in [0.3, 0.4) is 0 Å². The molecule has 0 amide bonds. The van der Waals surface area contributed by atoms with E-state index in [1.165, 1.54) is 0 Å². The number of nitrogens with zero attached hydrogens (tertiary/aromatic N) is 1. The summed E-state index contributed by atoms with van der Waals surface area (Å²) in [5.41, 5.74) is 0. The van der Waals surface area contributed by atoms with E-state index in [9.17, 15) is 5.11 Å². The van der Waals surface area contributed by atoms with Crippen LogP contribution in [0, 0.1) is 0 Å². The lowest BCUT2D eigenvalue weighted by atomic mass is 9.98. The van der Waals surface area contributed by atoms with Crippen LogP contribution in [0.15, 0.2) is 0 Å². The van der Waals surface area contributed by atoms with Gasteiger partial charge < -0.3 is 10.4 Å². The topological polar surface area (TPSA) is 35.5 Å². The fourth-order valence-electron chi connectivity index (χ4n) is 2.08. The smallest absolute Gasteiger partial charge is 0.0567 e. The molecule has 0 saturated carbocycles.